The van der Waals surface area contributed by atoms with Crippen LogP contribution in [0.2, 0.25) is 0 Å². The van der Waals surface area contributed by atoms with Crippen molar-refractivity contribution in [3.05, 3.63) is 25.4 Å². The first-order valence-corrected chi connectivity index (χ1v) is 8.86. The highest BCUT2D eigenvalue weighted by Gasteiger charge is 2.23. The molecule has 1 aromatic heterocycles. The van der Waals surface area contributed by atoms with E-state index in [1.165, 1.54) is 25.7 Å². The van der Waals surface area contributed by atoms with E-state index in [4.69, 9.17) is 4.98 Å². The minimum Gasteiger partial charge on any atom is -0.309 e. The molecule has 0 aromatic carbocycles. The fraction of sp³-hybridized carbons (Fsp3) is 0.714. The van der Waals surface area contributed by atoms with Crippen LogP contribution in [0.3, 0.4) is 0 Å². The Morgan fingerprint density at radius 1 is 1.37 bits per heavy atom. The number of aromatic nitrogens is 2. The molecule has 1 saturated carbocycles. The highest BCUT2D eigenvalue weighted by molar-refractivity contribution is 14.1. The fourth-order valence-corrected chi connectivity index (χ4v) is 3.75. The van der Waals surface area contributed by atoms with Crippen molar-refractivity contribution in [1.29, 1.82) is 0 Å². The molecule has 0 spiro atoms. The molecule has 0 amide bonds. The van der Waals surface area contributed by atoms with Crippen LogP contribution in [0.4, 0.5) is 0 Å². The molecule has 0 aliphatic heterocycles. The maximum Gasteiger partial charge on any atom is 0.264 e. The number of halogens is 1. The molecule has 0 saturated heterocycles. The van der Waals surface area contributed by atoms with Gasteiger partial charge in [0.05, 0.1) is 15.0 Å². The average molecular weight is 392 g/mol. The third-order valence-electron chi connectivity index (χ3n) is 3.32. The molecule has 106 valence electrons. The molecule has 1 heterocycles. The Labute approximate surface area is 132 Å². The maximum absolute atomic E-state index is 12.0. The first-order valence-electron chi connectivity index (χ1n) is 6.79. The van der Waals surface area contributed by atoms with Gasteiger partial charge in [-0.15, -0.1) is 11.8 Å². The van der Waals surface area contributed by atoms with Crippen LogP contribution in [0.5, 0.6) is 0 Å². The normalized spacial score (nSPS) is 17.1. The summed E-state index contributed by atoms with van der Waals surface area (Å²) < 4.78 is 0.976. The summed E-state index contributed by atoms with van der Waals surface area (Å²) in [7, 11) is 0. The van der Waals surface area contributed by atoms with Gasteiger partial charge in [0.1, 0.15) is 5.82 Å². The Morgan fingerprint density at radius 3 is 2.58 bits per heavy atom. The molecule has 1 aliphatic carbocycles. The second-order valence-electron chi connectivity index (χ2n) is 6.09. The molecule has 0 bridgehead atoms. The number of rotatable bonds is 3. The summed E-state index contributed by atoms with van der Waals surface area (Å²) in [5, 5.41) is 0. The summed E-state index contributed by atoms with van der Waals surface area (Å²) in [6.07, 6.45) is 4.89. The van der Waals surface area contributed by atoms with E-state index in [-0.39, 0.29) is 10.3 Å². The SMILES string of the molecule is CC(C)(C)SCc1nc(C2CCCC2)c(I)c(=O)[nH]1. The van der Waals surface area contributed by atoms with Crippen LogP contribution in [0, 0.1) is 3.57 Å². The number of thioether (sulfide) groups is 1. The number of hydrogen-bond donors (Lipinski definition) is 1. The van der Waals surface area contributed by atoms with Gasteiger partial charge in [0.2, 0.25) is 0 Å². The first-order chi connectivity index (χ1) is 8.87. The summed E-state index contributed by atoms with van der Waals surface area (Å²) in [5.41, 5.74) is 1.06. The lowest BCUT2D eigenvalue weighted by molar-refractivity contribution is 0.679. The minimum absolute atomic E-state index is 0.0296. The van der Waals surface area contributed by atoms with Crippen molar-refractivity contribution in [3.63, 3.8) is 0 Å². The van der Waals surface area contributed by atoms with Crippen molar-refractivity contribution in [2.24, 2.45) is 0 Å². The van der Waals surface area contributed by atoms with Gasteiger partial charge in [0.25, 0.3) is 5.56 Å². The molecule has 3 nitrogen and oxygen atoms in total. The van der Waals surface area contributed by atoms with Gasteiger partial charge in [0, 0.05) is 10.7 Å². The van der Waals surface area contributed by atoms with Crippen molar-refractivity contribution in [1.82, 2.24) is 9.97 Å². The van der Waals surface area contributed by atoms with Gasteiger partial charge < -0.3 is 4.98 Å². The number of nitrogens with one attached hydrogen (secondary N) is 1. The van der Waals surface area contributed by atoms with E-state index in [0.717, 1.165) is 20.8 Å². The Morgan fingerprint density at radius 2 is 2.00 bits per heavy atom. The third-order valence-corrected chi connectivity index (χ3v) is 5.65. The third kappa shape index (κ3) is 4.21. The van der Waals surface area contributed by atoms with Crippen molar-refractivity contribution < 1.29 is 0 Å². The quantitative estimate of drug-likeness (QED) is 0.789. The van der Waals surface area contributed by atoms with Gasteiger partial charge in [-0.2, -0.15) is 0 Å². The van der Waals surface area contributed by atoms with Gasteiger partial charge in [-0.3, -0.25) is 4.79 Å². The second-order valence-corrected chi connectivity index (χ2v) is 8.98. The van der Waals surface area contributed by atoms with Gasteiger partial charge >= 0.3 is 0 Å². The zero-order valence-corrected chi connectivity index (χ0v) is 14.7. The van der Waals surface area contributed by atoms with E-state index in [9.17, 15) is 4.79 Å². The summed E-state index contributed by atoms with van der Waals surface area (Å²) in [6, 6.07) is 0. The largest absolute Gasteiger partial charge is 0.309 e. The van der Waals surface area contributed by atoms with Crippen molar-refractivity contribution in [2.45, 2.75) is 62.9 Å². The van der Waals surface area contributed by atoms with E-state index in [0.29, 0.717) is 5.92 Å². The van der Waals surface area contributed by atoms with E-state index in [1.54, 1.807) is 0 Å². The van der Waals surface area contributed by atoms with Crippen LogP contribution in [0.15, 0.2) is 4.79 Å². The van der Waals surface area contributed by atoms with Crippen LogP contribution in [0.25, 0.3) is 0 Å². The van der Waals surface area contributed by atoms with Crippen LogP contribution >= 0.6 is 34.4 Å². The average Bonchev–Trinajstić information content (AvgIpc) is 2.83. The van der Waals surface area contributed by atoms with Crippen molar-refractivity contribution >= 4 is 34.4 Å². The standard InChI is InChI=1S/C14H21IN2OS/c1-14(2,3)19-8-10-16-12(9-6-4-5-7-9)11(15)13(18)17-10/h9H,4-8H2,1-3H3,(H,16,17,18). The highest BCUT2D eigenvalue weighted by atomic mass is 127. The van der Waals surface area contributed by atoms with E-state index >= 15 is 0 Å². The molecule has 1 N–H and O–H groups in total. The number of aromatic amines is 1. The molecule has 0 radical (unpaired) electrons. The van der Waals surface area contributed by atoms with Gasteiger partial charge in [0.15, 0.2) is 0 Å². The number of H-pyrrole nitrogens is 1. The predicted molar refractivity (Wildman–Crippen MR) is 89.8 cm³/mol. The van der Waals surface area contributed by atoms with E-state index in [1.807, 2.05) is 11.8 Å². The Hall–Kier alpha value is -0.0400. The lowest BCUT2D eigenvalue weighted by Gasteiger charge is -2.18. The van der Waals surface area contributed by atoms with Crippen LogP contribution in [-0.2, 0) is 5.75 Å². The molecule has 0 unspecified atom stereocenters. The van der Waals surface area contributed by atoms with Gasteiger partial charge in [-0.1, -0.05) is 33.6 Å². The number of hydrogen-bond acceptors (Lipinski definition) is 3. The maximum atomic E-state index is 12.0. The Balaban J connectivity index is 2.23. The second kappa shape index (κ2) is 6.16. The van der Waals surface area contributed by atoms with Crippen LogP contribution in [-0.4, -0.2) is 14.7 Å². The summed E-state index contributed by atoms with van der Waals surface area (Å²) in [4.78, 5) is 19.7. The molecule has 0 atom stereocenters. The smallest absolute Gasteiger partial charge is 0.264 e. The molecule has 1 aromatic rings. The molecule has 5 heteroatoms. The van der Waals surface area contributed by atoms with Crippen molar-refractivity contribution in [3.8, 4) is 0 Å². The number of nitrogens with zero attached hydrogens (tertiary/aromatic N) is 1. The highest BCUT2D eigenvalue weighted by Crippen LogP contribution is 2.34. The first kappa shape index (κ1) is 15.4. The summed E-state index contributed by atoms with van der Waals surface area (Å²) >= 11 is 3.96. The lowest BCUT2D eigenvalue weighted by Crippen LogP contribution is -2.20. The Bertz CT molecular complexity index is 501. The molecular weight excluding hydrogens is 371 g/mol. The monoisotopic (exact) mass is 392 g/mol. The van der Waals surface area contributed by atoms with Crippen LogP contribution in [0.1, 0.15) is 63.9 Å². The van der Waals surface area contributed by atoms with Gasteiger partial charge in [-0.05, 0) is 35.4 Å². The summed E-state index contributed by atoms with van der Waals surface area (Å²) in [5.74, 6) is 2.09. The van der Waals surface area contributed by atoms with E-state index < -0.39 is 0 Å². The van der Waals surface area contributed by atoms with E-state index in [2.05, 4.69) is 48.3 Å². The molecule has 1 aliphatic rings. The fourth-order valence-electron chi connectivity index (χ4n) is 2.35. The molecule has 2 rings (SSSR count). The lowest BCUT2D eigenvalue weighted by atomic mass is 10.0. The molecule has 1 fully saturated rings. The minimum atomic E-state index is 0.0296. The molecule has 19 heavy (non-hydrogen) atoms. The summed E-state index contributed by atoms with van der Waals surface area (Å²) in [6.45, 7) is 6.54. The zero-order valence-electron chi connectivity index (χ0n) is 11.8. The molecular formula is C14H21IN2OS. The van der Waals surface area contributed by atoms with Crippen molar-refractivity contribution in [2.75, 3.05) is 0 Å². The van der Waals surface area contributed by atoms with Crippen LogP contribution < -0.4 is 5.56 Å². The predicted octanol–water partition coefficient (Wildman–Crippen LogP) is 4.06. The van der Waals surface area contributed by atoms with Gasteiger partial charge in [-0.25, -0.2) is 4.98 Å². The topological polar surface area (TPSA) is 45.8 Å². The Kier molecular flexibility index (Phi) is 4.98. The zero-order chi connectivity index (χ0) is 14.0.